The number of nitrogens with two attached hydrogens (primary N) is 1. The Morgan fingerprint density at radius 1 is 1.47 bits per heavy atom. The molecule has 0 fully saturated rings. The summed E-state index contributed by atoms with van der Waals surface area (Å²) in [5, 5.41) is 0.270. The van der Waals surface area contributed by atoms with Crippen LogP contribution in [0.1, 0.15) is 6.42 Å². The minimum absolute atomic E-state index is 0.0956. The van der Waals surface area contributed by atoms with Crippen molar-refractivity contribution in [3.8, 4) is 0 Å². The summed E-state index contributed by atoms with van der Waals surface area (Å²) in [6.07, 6.45) is 4.03. The van der Waals surface area contributed by atoms with E-state index in [9.17, 15) is 13.2 Å². The van der Waals surface area contributed by atoms with Crippen LogP contribution in [0.25, 0.3) is 12.2 Å². The third-order valence-corrected chi connectivity index (χ3v) is 3.28. The average Bonchev–Trinajstić information content (AvgIpc) is 2.38. The van der Waals surface area contributed by atoms with E-state index in [1.165, 1.54) is 12.2 Å². The van der Waals surface area contributed by atoms with Gasteiger partial charge in [-0.1, -0.05) is 0 Å². The van der Waals surface area contributed by atoms with Crippen LogP contribution in [0, 0.1) is 0 Å². The molecule has 0 atom stereocenters. The number of hydrogen-bond acceptors (Lipinski definition) is 5. The fourth-order valence-corrected chi connectivity index (χ4v) is 2.51. The van der Waals surface area contributed by atoms with Gasteiger partial charge in [-0.2, -0.15) is 0 Å². The predicted octanol–water partition coefficient (Wildman–Crippen LogP) is -1.20. The van der Waals surface area contributed by atoms with Crippen molar-refractivity contribution in [2.75, 3.05) is 12.0 Å². The number of anilines is 1. The highest BCUT2D eigenvalue weighted by Gasteiger charge is 2.21. The van der Waals surface area contributed by atoms with Gasteiger partial charge in [0.1, 0.15) is 10.3 Å². The Morgan fingerprint density at radius 2 is 2.13 bits per heavy atom. The van der Waals surface area contributed by atoms with Gasteiger partial charge in [-0.3, -0.25) is 4.79 Å². The molecule has 2 N–H and O–H groups in total. The Balaban J connectivity index is 2.97. The minimum Gasteiger partial charge on any atom is -0.440 e. The zero-order valence-electron chi connectivity index (χ0n) is 7.98. The van der Waals surface area contributed by atoms with E-state index in [4.69, 9.17) is 10.2 Å². The van der Waals surface area contributed by atoms with Crippen LogP contribution in [-0.2, 0) is 14.6 Å². The van der Waals surface area contributed by atoms with E-state index in [0.717, 1.165) is 6.26 Å². The second-order valence-electron chi connectivity index (χ2n) is 3.36. The first-order valence-electron chi connectivity index (χ1n) is 4.22. The van der Waals surface area contributed by atoms with E-state index in [-0.39, 0.29) is 28.2 Å². The van der Waals surface area contributed by atoms with Crippen LogP contribution < -0.4 is 16.4 Å². The van der Waals surface area contributed by atoms with Gasteiger partial charge in [0.25, 0.3) is 0 Å². The van der Waals surface area contributed by atoms with Crippen molar-refractivity contribution in [1.29, 1.82) is 0 Å². The maximum Gasteiger partial charge on any atom is 0.210 e. The highest BCUT2D eigenvalue weighted by atomic mass is 32.2. The first-order chi connectivity index (χ1) is 6.89. The Morgan fingerprint density at radius 3 is 2.73 bits per heavy atom. The van der Waals surface area contributed by atoms with Crippen LogP contribution in [0.3, 0.4) is 0 Å². The highest BCUT2D eigenvalue weighted by Crippen LogP contribution is 2.12. The number of fused-ring (bicyclic) bond motifs is 1. The molecule has 1 heterocycles. The molecular weight excluding hydrogens is 218 g/mol. The molecule has 5 nitrogen and oxygen atoms in total. The molecule has 0 aliphatic heterocycles. The SMILES string of the molecule is CS(=O)(=O)c1c(N)oc2c1=CC(=O)CC=2. The maximum atomic E-state index is 11.4. The standard InChI is InChI=1S/C9H9NO4S/c1-15(12,13)8-6-4-5(11)2-3-7(6)14-9(8)10/h3-4H,2,10H2,1H3. The molecule has 0 amide bonds. The van der Waals surface area contributed by atoms with Crippen molar-refractivity contribution in [2.45, 2.75) is 11.3 Å². The molecule has 0 bridgehead atoms. The third kappa shape index (κ3) is 1.56. The number of sulfone groups is 1. The molecule has 0 radical (unpaired) electrons. The van der Waals surface area contributed by atoms with E-state index in [2.05, 4.69) is 0 Å². The van der Waals surface area contributed by atoms with Gasteiger partial charge in [-0.25, -0.2) is 8.42 Å². The molecule has 0 spiro atoms. The first kappa shape index (κ1) is 9.97. The molecule has 0 aromatic carbocycles. The number of hydrogen-bond donors (Lipinski definition) is 1. The summed E-state index contributed by atoms with van der Waals surface area (Å²) in [6, 6.07) is 0. The van der Waals surface area contributed by atoms with Crippen LogP contribution in [0.5, 0.6) is 0 Å². The predicted molar refractivity (Wildman–Crippen MR) is 54.0 cm³/mol. The van der Waals surface area contributed by atoms with Gasteiger partial charge >= 0.3 is 0 Å². The molecule has 15 heavy (non-hydrogen) atoms. The molecule has 80 valence electrons. The summed E-state index contributed by atoms with van der Waals surface area (Å²) < 4.78 is 27.9. The van der Waals surface area contributed by atoms with Crippen LogP contribution in [-0.4, -0.2) is 20.5 Å². The number of carbonyl (C=O) groups is 1. The highest BCUT2D eigenvalue weighted by molar-refractivity contribution is 7.90. The molecule has 6 heteroatoms. The van der Waals surface area contributed by atoms with Gasteiger partial charge in [0, 0.05) is 17.9 Å². The Hall–Kier alpha value is -1.56. The van der Waals surface area contributed by atoms with E-state index in [1.807, 2.05) is 0 Å². The number of carbonyl (C=O) groups excluding carboxylic acids is 1. The summed E-state index contributed by atoms with van der Waals surface area (Å²) in [7, 11) is -3.48. The normalized spacial score (nSPS) is 15.4. The van der Waals surface area contributed by atoms with Crippen molar-refractivity contribution in [3.63, 3.8) is 0 Å². The lowest BCUT2D eigenvalue weighted by atomic mass is 10.1. The topological polar surface area (TPSA) is 90.4 Å². The van der Waals surface area contributed by atoms with Gasteiger partial charge in [-0.15, -0.1) is 0 Å². The summed E-state index contributed by atoms with van der Waals surface area (Å²) in [5.74, 6) is -0.321. The number of nitrogen functional groups attached to an aromatic ring is 1. The van der Waals surface area contributed by atoms with Gasteiger partial charge in [0.2, 0.25) is 5.88 Å². The van der Waals surface area contributed by atoms with Gasteiger partial charge in [0.05, 0.1) is 0 Å². The molecule has 2 rings (SSSR count). The maximum absolute atomic E-state index is 11.4. The molecule has 0 unspecified atom stereocenters. The minimum atomic E-state index is -3.48. The molecule has 1 aliphatic carbocycles. The molecule has 1 aromatic rings. The molecule has 0 saturated heterocycles. The zero-order valence-corrected chi connectivity index (χ0v) is 8.80. The van der Waals surface area contributed by atoms with Crippen molar-refractivity contribution in [2.24, 2.45) is 0 Å². The molecule has 1 aromatic heterocycles. The third-order valence-electron chi connectivity index (χ3n) is 2.12. The lowest BCUT2D eigenvalue weighted by Crippen LogP contribution is -2.29. The van der Waals surface area contributed by atoms with Gasteiger partial charge < -0.3 is 10.2 Å². The molecule has 0 saturated carbocycles. The fourth-order valence-electron chi connectivity index (χ4n) is 1.55. The van der Waals surface area contributed by atoms with Gasteiger partial charge in [0.15, 0.2) is 15.6 Å². The second-order valence-corrected chi connectivity index (χ2v) is 5.32. The monoisotopic (exact) mass is 227 g/mol. The first-order valence-corrected chi connectivity index (χ1v) is 6.12. The zero-order chi connectivity index (χ0) is 11.2. The van der Waals surface area contributed by atoms with Crippen LogP contribution >= 0.6 is 0 Å². The fraction of sp³-hybridized carbons (Fsp3) is 0.222. The van der Waals surface area contributed by atoms with Crippen LogP contribution in [0.4, 0.5) is 5.88 Å². The van der Waals surface area contributed by atoms with Crippen molar-refractivity contribution in [3.05, 3.63) is 10.6 Å². The van der Waals surface area contributed by atoms with Crippen molar-refractivity contribution >= 4 is 33.7 Å². The molecule has 1 aliphatic rings. The van der Waals surface area contributed by atoms with E-state index in [0.29, 0.717) is 5.42 Å². The van der Waals surface area contributed by atoms with Crippen LogP contribution in [0.2, 0.25) is 0 Å². The summed E-state index contributed by atoms with van der Waals surface area (Å²) in [6.45, 7) is 0. The average molecular weight is 227 g/mol. The van der Waals surface area contributed by atoms with E-state index in [1.54, 1.807) is 0 Å². The van der Waals surface area contributed by atoms with Crippen molar-refractivity contribution in [1.82, 2.24) is 0 Å². The lowest BCUT2D eigenvalue weighted by Gasteiger charge is -1.95. The lowest BCUT2D eigenvalue weighted by molar-refractivity contribution is -0.112. The Labute approximate surface area is 85.8 Å². The summed E-state index contributed by atoms with van der Waals surface area (Å²) in [5.41, 5.74) is 5.81. The molecular formula is C9H9NO4S. The summed E-state index contributed by atoms with van der Waals surface area (Å²) in [4.78, 5) is 11.1. The Bertz CT molecular complexity index is 651. The number of furan rings is 1. The largest absolute Gasteiger partial charge is 0.440 e. The number of Topliss-reactive ketones (excluding diaryl/α,β-unsaturated/α-hetero) is 1. The number of ketones is 1. The van der Waals surface area contributed by atoms with E-state index < -0.39 is 9.84 Å². The van der Waals surface area contributed by atoms with Crippen molar-refractivity contribution < 1.29 is 17.6 Å². The second kappa shape index (κ2) is 2.96. The quantitative estimate of drug-likeness (QED) is 0.650. The smallest absolute Gasteiger partial charge is 0.210 e. The Kier molecular flexibility index (Phi) is 1.97. The summed E-state index contributed by atoms with van der Waals surface area (Å²) >= 11 is 0. The van der Waals surface area contributed by atoms with Gasteiger partial charge in [-0.05, 0) is 12.2 Å². The number of rotatable bonds is 1. The van der Waals surface area contributed by atoms with E-state index >= 15 is 0 Å². The van der Waals surface area contributed by atoms with Crippen LogP contribution in [0.15, 0.2) is 9.31 Å².